The molecule has 1 aromatic heterocycles. The summed E-state index contributed by atoms with van der Waals surface area (Å²) in [6.45, 7) is 4.18. The van der Waals surface area contributed by atoms with Crippen LogP contribution in [0.25, 0.3) is 0 Å². The Morgan fingerprint density at radius 3 is 2.64 bits per heavy atom. The number of hydrogen-bond acceptors (Lipinski definition) is 4. The van der Waals surface area contributed by atoms with Crippen LogP contribution in [-0.2, 0) is 26.1 Å². The van der Waals surface area contributed by atoms with Crippen LogP contribution < -0.4 is 4.74 Å². The first-order chi connectivity index (χ1) is 15.9. The molecule has 2 aliphatic heterocycles. The van der Waals surface area contributed by atoms with Gasteiger partial charge in [0.2, 0.25) is 0 Å². The molecule has 2 aromatic carbocycles. The van der Waals surface area contributed by atoms with Crippen molar-refractivity contribution in [3.05, 3.63) is 81.9 Å². The predicted molar refractivity (Wildman–Crippen MR) is 120 cm³/mol. The summed E-state index contributed by atoms with van der Waals surface area (Å²) in [5, 5.41) is 4.66. The number of rotatable bonds is 4. The minimum Gasteiger partial charge on any atom is -0.497 e. The number of nitrogens with zero attached hydrogens (tertiary/aromatic N) is 4. The smallest absolute Gasteiger partial charge is 0.272 e. The van der Waals surface area contributed by atoms with Gasteiger partial charge in [-0.15, -0.1) is 0 Å². The van der Waals surface area contributed by atoms with Crippen molar-refractivity contribution in [2.45, 2.75) is 33.0 Å². The molecule has 0 N–H and O–H groups in total. The fraction of sp³-hybridized carbons (Fsp3) is 0.320. The lowest BCUT2D eigenvalue weighted by Crippen LogP contribution is -2.41. The molecule has 5 rings (SSSR count). The number of ether oxygens (including phenoxy) is 1. The summed E-state index contributed by atoms with van der Waals surface area (Å²) < 4.78 is 20.6. The van der Waals surface area contributed by atoms with Gasteiger partial charge in [-0.2, -0.15) is 5.10 Å². The lowest BCUT2D eigenvalue weighted by atomic mass is 10.0. The number of carbonyl (C=O) groups excluding carboxylic acids is 2. The first-order valence-electron chi connectivity index (χ1n) is 11.0. The zero-order valence-corrected chi connectivity index (χ0v) is 18.7. The highest BCUT2D eigenvalue weighted by atomic mass is 19.1. The maximum Gasteiger partial charge on any atom is 0.272 e. The van der Waals surface area contributed by atoms with Crippen molar-refractivity contribution < 1.29 is 18.7 Å². The van der Waals surface area contributed by atoms with Gasteiger partial charge in [-0.25, -0.2) is 4.39 Å². The van der Waals surface area contributed by atoms with Crippen LogP contribution in [0.2, 0.25) is 0 Å². The van der Waals surface area contributed by atoms with E-state index in [-0.39, 0.29) is 17.6 Å². The fourth-order valence-electron chi connectivity index (χ4n) is 4.53. The number of aromatic nitrogens is 2. The summed E-state index contributed by atoms with van der Waals surface area (Å²) in [4.78, 5) is 30.0. The molecule has 0 fully saturated rings. The Kier molecular flexibility index (Phi) is 5.36. The van der Waals surface area contributed by atoms with Crippen LogP contribution in [0.5, 0.6) is 5.75 Å². The van der Waals surface area contributed by atoms with Crippen LogP contribution in [0.15, 0.2) is 42.5 Å². The zero-order valence-electron chi connectivity index (χ0n) is 18.7. The molecule has 3 heterocycles. The molecule has 33 heavy (non-hydrogen) atoms. The van der Waals surface area contributed by atoms with E-state index in [0.717, 1.165) is 22.6 Å². The van der Waals surface area contributed by atoms with Crippen molar-refractivity contribution in [1.82, 2.24) is 19.6 Å². The van der Waals surface area contributed by atoms with E-state index >= 15 is 0 Å². The van der Waals surface area contributed by atoms with E-state index in [1.807, 2.05) is 29.2 Å². The lowest BCUT2D eigenvalue weighted by molar-refractivity contribution is 0.0670. The van der Waals surface area contributed by atoms with E-state index in [0.29, 0.717) is 56.0 Å². The molecule has 0 spiro atoms. The minimum absolute atomic E-state index is 0.0715. The maximum atomic E-state index is 13.6. The van der Waals surface area contributed by atoms with Gasteiger partial charge in [-0.05, 0) is 48.4 Å². The number of hydrogen-bond donors (Lipinski definition) is 0. The summed E-state index contributed by atoms with van der Waals surface area (Å²) >= 11 is 0. The van der Waals surface area contributed by atoms with Crippen molar-refractivity contribution in [3.8, 4) is 5.75 Å². The van der Waals surface area contributed by atoms with E-state index < -0.39 is 0 Å². The Labute approximate surface area is 191 Å². The number of benzene rings is 2. The molecule has 0 aliphatic carbocycles. The third-order valence-electron chi connectivity index (χ3n) is 6.40. The van der Waals surface area contributed by atoms with Gasteiger partial charge in [-0.3, -0.25) is 14.3 Å². The fourth-order valence-corrected chi connectivity index (χ4v) is 4.53. The molecular formula is C25H25FN4O3. The quantitative estimate of drug-likeness (QED) is 0.615. The number of fused-ring (bicyclic) bond motifs is 3. The Hall–Kier alpha value is -3.68. The Morgan fingerprint density at radius 2 is 1.91 bits per heavy atom. The van der Waals surface area contributed by atoms with Crippen molar-refractivity contribution in [2.75, 3.05) is 20.2 Å². The van der Waals surface area contributed by atoms with E-state index in [2.05, 4.69) is 5.10 Å². The molecule has 0 saturated heterocycles. The highest BCUT2D eigenvalue weighted by Crippen LogP contribution is 2.28. The van der Waals surface area contributed by atoms with Crippen molar-refractivity contribution in [3.63, 3.8) is 0 Å². The molecule has 0 bridgehead atoms. The van der Waals surface area contributed by atoms with E-state index in [9.17, 15) is 14.0 Å². The maximum absolute atomic E-state index is 13.6. The van der Waals surface area contributed by atoms with Gasteiger partial charge < -0.3 is 14.5 Å². The number of carbonyl (C=O) groups is 2. The molecule has 170 valence electrons. The molecule has 7 nitrogen and oxygen atoms in total. The average molecular weight is 448 g/mol. The van der Waals surface area contributed by atoms with Gasteiger partial charge >= 0.3 is 0 Å². The van der Waals surface area contributed by atoms with Crippen LogP contribution >= 0.6 is 0 Å². The number of amides is 2. The van der Waals surface area contributed by atoms with Gasteiger partial charge in [0.25, 0.3) is 11.8 Å². The monoisotopic (exact) mass is 448 g/mol. The molecule has 3 aromatic rings. The Bertz CT molecular complexity index is 1240. The second-order valence-corrected chi connectivity index (χ2v) is 8.51. The molecular weight excluding hydrogens is 423 g/mol. The van der Waals surface area contributed by atoms with Crippen molar-refractivity contribution >= 4 is 11.8 Å². The topological polar surface area (TPSA) is 67.7 Å². The highest BCUT2D eigenvalue weighted by Gasteiger charge is 2.34. The second kappa shape index (κ2) is 8.35. The first-order valence-corrected chi connectivity index (χ1v) is 11.0. The number of aryl methyl sites for hydroxylation is 1. The Balaban J connectivity index is 1.37. The first kappa shape index (κ1) is 21.2. The SMILES string of the molecule is COc1ccc(CN2CCn3nc4c(c3C2=O)CN(C(=O)c2ccc(F)c(C)c2)CC4)cc1. The highest BCUT2D eigenvalue weighted by molar-refractivity contribution is 5.97. The normalized spacial score (nSPS) is 15.3. The summed E-state index contributed by atoms with van der Waals surface area (Å²) in [6, 6.07) is 12.1. The van der Waals surface area contributed by atoms with E-state index in [4.69, 9.17) is 4.74 Å². The largest absolute Gasteiger partial charge is 0.497 e. The van der Waals surface area contributed by atoms with Gasteiger partial charge in [0.1, 0.15) is 17.3 Å². The van der Waals surface area contributed by atoms with Gasteiger partial charge in [0.05, 0.1) is 25.9 Å². The molecule has 2 amide bonds. The lowest BCUT2D eigenvalue weighted by Gasteiger charge is -2.30. The van der Waals surface area contributed by atoms with E-state index in [1.165, 1.54) is 12.1 Å². The van der Waals surface area contributed by atoms with Crippen molar-refractivity contribution in [2.24, 2.45) is 0 Å². The minimum atomic E-state index is -0.333. The molecule has 0 atom stereocenters. The molecule has 2 aliphatic rings. The van der Waals surface area contributed by atoms with E-state index in [1.54, 1.807) is 29.7 Å². The van der Waals surface area contributed by atoms with Crippen LogP contribution in [0.3, 0.4) is 0 Å². The predicted octanol–water partition coefficient (Wildman–Crippen LogP) is 3.19. The second-order valence-electron chi connectivity index (χ2n) is 8.51. The third-order valence-corrected chi connectivity index (χ3v) is 6.40. The van der Waals surface area contributed by atoms with Crippen LogP contribution in [-0.4, -0.2) is 51.6 Å². The van der Waals surface area contributed by atoms with Gasteiger partial charge in [-0.1, -0.05) is 12.1 Å². The van der Waals surface area contributed by atoms with Gasteiger partial charge in [0.15, 0.2) is 0 Å². The number of methoxy groups -OCH3 is 1. The average Bonchev–Trinajstić information content (AvgIpc) is 3.21. The Morgan fingerprint density at radius 1 is 1.12 bits per heavy atom. The molecule has 0 saturated carbocycles. The summed E-state index contributed by atoms with van der Waals surface area (Å²) in [5.74, 6) is 0.206. The van der Waals surface area contributed by atoms with Crippen LogP contribution in [0.1, 0.15) is 43.2 Å². The zero-order chi connectivity index (χ0) is 23.1. The molecule has 8 heteroatoms. The van der Waals surface area contributed by atoms with Gasteiger partial charge in [0, 0.05) is 37.2 Å². The third kappa shape index (κ3) is 3.86. The summed E-state index contributed by atoms with van der Waals surface area (Å²) in [5.41, 5.74) is 4.17. The number of halogens is 1. The van der Waals surface area contributed by atoms with Crippen LogP contribution in [0, 0.1) is 12.7 Å². The van der Waals surface area contributed by atoms with Crippen LogP contribution in [0.4, 0.5) is 4.39 Å². The molecule has 0 radical (unpaired) electrons. The standard InChI is InChI=1S/C25H25FN4O3/c1-16-13-18(5-8-21(16)26)24(31)28-10-9-22-20(15-28)23-25(32)29(11-12-30(23)27-22)14-17-3-6-19(33-2)7-4-17/h3-8,13H,9-12,14-15H2,1-2H3. The summed E-state index contributed by atoms with van der Waals surface area (Å²) in [6.07, 6.45) is 0.590. The molecule has 0 unspecified atom stereocenters. The summed E-state index contributed by atoms with van der Waals surface area (Å²) in [7, 11) is 1.62. The van der Waals surface area contributed by atoms with Crippen molar-refractivity contribution in [1.29, 1.82) is 0 Å².